The van der Waals surface area contributed by atoms with Crippen LogP contribution in [0.1, 0.15) is 20.8 Å². The second-order valence-corrected chi connectivity index (χ2v) is 11.2. The molecule has 0 atom stereocenters. The van der Waals surface area contributed by atoms with Gasteiger partial charge in [-0.1, -0.05) is 47.5 Å². The van der Waals surface area contributed by atoms with Crippen LogP contribution in [-0.4, -0.2) is 40.2 Å². The minimum Gasteiger partial charge on any atom is -0.493 e. The van der Waals surface area contributed by atoms with Crippen molar-refractivity contribution in [1.29, 1.82) is 0 Å². The molecule has 1 amide bonds. The SMILES string of the molecule is COc1cc(/C=N\NC(=O)CNS(=O)(=O)c2ccc(C)cc2)ccc1OC(=O)c1sc2ccccc2c1Cl. The summed E-state index contributed by atoms with van der Waals surface area (Å²) >= 11 is 7.61. The van der Waals surface area contributed by atoms with Crippen LogP contribution in [0.5, 0.6) is 11.5 Å². The number of aryl methyl sites for hydroxylation is 1. The minimum atomic E-state index is -3.83. The number of hydrogen-bond donors (Lipinski definition) is 2. The van der Waals surface area contributed by atoms with Gasteiger partial charge in [0.2, 0.25) is 10.0 Å². The summed E-state index contributed by atoms with van der Waals surface area (Å²) in [5, 5.41) is 4.94. The molecule has 2 N–H and O–H groups in total. The number of esters is 1. The van der Waals surface area contributed by atoms with Gasteiger partial charge in [0.05, 0.1) is 29.8 Å². The lowest BCUT2D eigenvalue weighted by Gasteiger charge is -2.09. The van der Waals surface area contributed by atoms with Crippen molar-refractivity contribution in [1.82, 2.24) is 10.1 Å². The number of carbonyl (C=O) groups is 2. The quantitative estimate of drug-likeness (QED) is 0.132. The van der Waals surface area contributed by atoms with Gasteiger partial charge in [0.1, 0.15) is 4.88 Å². The van der Waals surface area contributed by atoms with E-state index in [2.05, 4.69) is 15.2 Å². The molecule has 38 heavy (non-hydrogen) atoms. The predicted octanol–water partition coefficient (Wildman–Crippen LogP) is 4.52. The molecule has 0 radical (unpaired) electrons. The molecular weight excluding hydrogens is 550 g/mol. The molecule has 1 aromatic heterocycles. The highest BCUT2D eigenvalue weighted by Crippen LogP contribution is 2.37. The Morgan fingerprint density at radius 3 is 2.50 bits per heavy atom. The molecule has 0 aliphatic carbocycles. The largest absolute Gasteiger partial charge is 0.493 e. The first-order valence-electron chi connectivity index (χ1n) is 11.1. The van der Waals surface area contributed by atoms with Gasteiger partial charge in [-0.05, 0) is 48.9 Å². The molecule has 0 unspecified atom stereocenters. The molecule has 0 fully saturated rings. The van der Waals surface area contributed by atoms with Crippen LogP contribution in [0.4, 0.5) is 0 Å². The number of hydrogen-bond acceptors (Lipinski definition) is 8. The van der Waals surface area contributed by atoms with Crippen LogP contribution in [0.2, 0.25) is 5.02 Å². The summed E-state index contributed by atoms with van der Waals surface area (Å²) in [6.07, 6.45) is 1.34. The van der Waals surface area contributed by atoms with Gasteiger partial charge in [0.15, 0.2) is 11.5 Å². The molecule has 0 bridgehead atoms. The number of amides is 1. The van der Waals surface area contributed by atoms with Gasteiger partial charge >= 0.3 is 5.97 Å². The van der Waals surface area contributed by atoms with Crippen LogP contribution < -0.4 is 19.6 Å². The standard InChI is InChI=1S/C26H22ClN3O6S2/c1-16-7-10-18(11-8-16)38(33,34)29-15-23(31)30-28-14-17-9-12-20(21(13-17)35-2)36-26(32)25-24(27)19-5-3-4-6-22(19)37-25/h3-14,29H,15H2,1-2H3,(H,30,31)/b28-14-. The highest BCUT2D eigenvalue weighted by atomic mass is 35.5. The number of ether oxygens (including phenoxy) is 2. The third-order valence-corrected chi connectivity index (χ3v) is 8.34. The molecule has 0 spiro atoms. The molecule has 4 rings (SSSR count). The van der Waals surface area contributed by atoms with Crippen molar-refractivity contribution in [3.63, 3.8) is 0 Å². The minimum absolute atomic E-state index is 0.0573. The van der Waals surface area contributed by atoms with Crippen molar-refractivity contribution in [3.8, 4) is 11.5 Å². The average molecular weight is 572 g/mol. The fourth-order valence-corrected chi connectivity index (χ4v) is 5.69. The molecule has 0 saturated carbocycles. The molecule has 0 aliphatic rings. The Hall–Kier alpha value is -3.77. The van der Waals surface area contributed by atoms with E-state index in [0.717, 1.165) is 15.6 Å². The molecule has 9 nitrogen and oxygen atoms in total. The van der Waals surface area contributed by atoms with E-state index >= 15 is 0 Å². The third-order valence-electron chi connectivity index (χ3n) is 5.27. The van der Waals surface area contributed by atoms with Crippen molar-refractivity contribution >= 4 is 61.1 Å². The number of carbonyl (C=O) groups excluding carboxylic acids is 2. The van der Waals surface area contributed by atoms with E-state index in [4.69, 9.17) is 21.1 Å². The second kappa shape index (κ2) is 11.7. The van der Waals surface area contributed by atoms with Crippen LogP contribution in [-0.2, 0) is 14.8 Å². The Balaban J connectivity index is 1.36. The number of halogens is 1. The Labute approximate surface area is 228 Å². The van der Waals surface area contributed by atoms with Crippen LogP contribution in [0.15, 0.2) is 76.7 Å². The summed E-state index contributed by atoms with van der Waals surface area (Å²) in [5.41, 5.74) is 3.70. The number of hydrazone groups is 1. The van der Waals surface area contributed by atoms with E-state index in [-0.39, 0.29) is 21.3 Å². The first kappa shape index (κ1) is 27.3. The monoisotopic (exact) mass is 571 g/mol. The van der Waals surface area contributed by atoms with Gasteiger partial charge in [0, 0.05) is 10.1 Å². The van der Waals surface area contributed by atoms with Gasteiger partial charge in [-0.15, -0.1) is 11.3 Å². The Morgan fingerprint density at radius 2 is 1.79 bits per heavy atom. The summed E-state index contributed by atoms with van der Waals surface area (Å²) in [5.74, 6) is -0.833. The average Bonchev–Trinajstić information content (AvgIpc) is 3.25. The van der Waals surface area contributed by atoms with Crippen molar-refractivity contribution in [2.24, 2.45) is 5.10 Å². The van der Waals surface area contributed by atoms with Crippen LogP contribution in [0.25, 0.3) is 10.1 Å². The number of fused-ring (bicyclic) bond motifs is 1. The Bertz CT molecular complexity index is 1630. The van der Waals surface area contributed by atoms with Gasteiger partial charge in [0.25, 0.3) is 5.91 Å². The van der Waals surface area contributed by atoms with Gasteiger partial charge in [-0.3, -0.25) is 4.79 Å². The topological polar surface area (TPSA) is 123 Å². The Kier molecular flexibility index (Phi) is 8.42. The van der Waals surface area contributed by atoms with Crippen molar-refractivity contribution in [2.75, 3.05) is 13.7 Å². The van der Waals surface area contributed by atoms with Crippen molar-refractivity contribution < 1.29 is 27.5 Å². The zero-order valence-corrected chi connectivity index (χ0v) is 22.6. The van der Waals surface area contributed by atoms with Crippen molar-refractivity contribution in [2.45, 2.75) is 11.8 Å². The van der Waals surface area contributed by atoms with Crippen LogP contribution in [0.3, 0.4) is 0 Å². The number of benzene rings is 3. The fraction of sp³-hybridized carbons (Fsp3) is 0.115. The van der Waals surface area contributed by atoms with Gasteiger partial charge in [-0.2, -0.15) is 5.10 Å². The summed E-state index contributed by atoms with van der Waals surface area (Å²) in [6, 6.07) is 18.3. The number of thiophene rings is 1. The maximum atomic E-state index is 12.8. The number of nitrogens with zero attached hydrogens (tertiary/aromatic N) is 1. The number of nitrogens with one attached hydrogen (secondary N) is 2. The smallest absolute Gasteiger partial charge is 0.355 e. The summed E-state index contributed by atoms with van der Waals surface area (Å²) < 4.78 is 38.5. The van der Waals surface area contributed by atoms with E-state index in [0.29, 0.717) is 10.6 Å². The molecule has 196 valence electrons. The maximum absolute atomic E-state index is 12.8. The van der Waals surface area contributed by atoms with E-state index < -0.39 is 28.4 Å². The highest BCUT2D eigenvalue weighted by molar-refractivity contribution is 7.89. The summed E-state index contributed by atoms with van der Waals surface area (Å²) in [6.45, 7) is 1.35. The van der Waals surface area contributed by atoms with E-state index in [1.807, 2.05) is 31.2 Å². The molecule has 4 aromatic rings. The molecule has 0 saturated heterocycles. The number of rotatable bonds is 9. The third kappa shape index (κ3) is 6.37. The lowest BCUT2D eigenvalue weighted by atomic mass is 10.2. The predicted molar refractivity (Wildman–Crippen MR) is 147 cm³/mol. The lowest BCUT2D eigenvalue weighted by Crippen LogP contribution is -2.34. The zero-order chi connectivity index (χ0) is 27.3. The highest BCUT2D eigenvalue weighted by Gasteiger charge is 2.20. The van der Waals surface area contributed by atoms with Crippen LogP contribution >= 0.6 is 22.9 Å². The number of sulfonamides is 1. The first-order chi connectivity index (χ1) is 18.2. The van der Waals surface area contributed by atoms with Gasteiger partial charge < -0.3 is 9.47 Å². The Morgan fingerprint density at radius 1 is 1.05 bits per heavy atom. The zero-order valence-electron chi connectivity index (χ0n) is 20.2. The molecule has 1 heterocycles. The van der Waals surface area contributed by atoms with E-state index in [9.17, 15) is 18.0 Å². The van der Waals surface area contributed by atoms with E-state index in [1.165, 1.54) is 42.9 Å². The summed E-state index contributed by atoms with van der Waals surface area (Å²) in [4.78, 5) is 25.2. The maximum Gasteiger partial charge on any atom is 0.355 e. The lowest BCUT2D eigenvalue weighted by molar-refractivity contribution is -0.119. The fourth-order valence-electron chi connectivity index (χ4n) is 3.32. The summed E-state index contributed by atoms with van der Waals surface area (Å²) in [7, 11) is -2.41. The molecule has 0 aliphatic heterocycles. The van der Waals surface area contributed by atoms with Gasteiger partial charge in [-0.25, -0.2) is 23.4 Å². The molecule has 12 heteroatoms. The second-order valence-electron chi connectivity index (χ2n) is 7.97. The molecule has 3 aromatic carbocycles. The van der Waals surface area contributed by atoms with E-state index in [1.54, 1.807) is 24.3 Å². The number of methoxy groups -OCH3 is 1. The van der Waals surface area contributed by atoms with Crippen molar-refractivity contribution in [3.05, 3.63) is 87.8 Å². The normalized spacial score (nSPS) is 11.6. The van der Waals surface area contributed by atoms with Crippen LogP contribution in [0, 0.1) is 6.92 Å². The molecular formula is C26H22ClN3O6S2. The first-order valence-corrected chi connectivity index (χ1v) is 13.8.